The summed E-state index contributed by atoms with van der Waals surface area (Å²) in [7, 11) is 0. The molecule has 0 amide bonds. The van der Waals surface area contributed by atoms with Crippen LogP contribution in [0.1, 0.15) is 51.3 Å². The fraction of sp³-hybridized carbons (Fsp3) is 0.524. The van der Waals surface area contributed by atoms with E-state index in [-0.39, 0.29) is 18.9 Å². The number of piperidine rings is 1. The molecule has 5 heteroatoms. The highest BCUT2D eigenvalue weighted by atomic mass is 32.2. The minimum atomic E-state index is 0. The molecular weight excluding hydrogens is 340 g/mol. The van der Waals surface area contributed by atoms with Crippen LogP contribution in [0.2, 0.25) is 0 Å². The molecule has 0 saturated carbocycles. The van der Waals surface area contributed by atoms with Gasteiger partial charge in [-0.1, -0.05) is 45.5 Å². The van der Waals surface area contributed by atoms with Crippen LogP contribution in [-0.4, -0.2) is 28.3 Å². The van der Waals surface area contributed by atoms with Gasteiger partial charge in [0.25, 0.3) is 0 Å². The van der Waals surface area contributed by atoms with Crippen LogP contribution in [-0.2, 0) is 6.42 Å². The summed E-state index contributed by atoms with van der Waals surface area (Å²) in [6, 6.07) is 8.86. The Labute approximate surface area is 161 Å². The number of aromatic nitrogens is 2. The summed E-state index contributed by atoms with van der Waals surface area (Å²) in [4.78, 5) is 11.6. The lowest BCUT2D eigenvalue weighted by Gasteiger charge is -2.42. The van der Waals surface area contributed by atoms with Gasteiger partial charge < -0.3 is 10.6 Å². The van der Waals surface area contributed by atoms with Gasteiger partial charge in [0.15, 0.2) is 0 Å². The Morgan fingerprint density at radius 2 is 1.88 bits per heavy atom. The van der Waals surface area contributed by atoms with E-state index in [9.17, 15) is 0 Å². The molecule has 0 bridgehead atoms. The van der Waals surface area contributed by atoms with E-state index >= 15 is 0 Å². The summed E-state index contributed by atoms with van der Waals surface area (Å²) in [5.41, 5.74) is 9.68. The van der Waals surface area contributed by atoms with E-state index in [4.69, 9.17) is 5.73 Å². The highest BCUT2D eigenvalue weighted by Gasteiger charge is 2.45. The van der Waals surface area contributed by atoms with Crippen LogP contribution in [0, 0.1) is 5.41 Å². The molecule has 1 spiro atoms. The number of rotatable bonds is 3. The molecule has 1 fully saturated rings. The van der Waals surface area contributed by atoms with Crippen molar-refractivity contribution < 1.29 is 0 Å². The zero-order valence-corrected chi connectivity index (χ0v) is 15.8. The topological polar surface area (TPSA) is 55.0 Å². The van der Waals surface area contributed by atoms with Crippen molar-refractivity contribution in [3.8, 4) is 0 Å². The highest BCUT2D eigenvalue weighted by molar-refractivity contribution is 7.99. The van der Waals surface area contributed by atoms with Gasteiger partial charge in [-0.15, -0.1) is 11.8 Å². The first kappa shape index (κ1) is 19.2. The minimum absolute atomic E-state index is 0. The first-order chi connectivity index (χ1) is 12.1. The van der Waals surface area contributed by atoms with Gasteiger partial charge in [0.1, 0.15) is 10.8 Å². The largest absolute Gasteiger partial charge is 0.355 e. The maximum Gasteiger partial charge on any atom is 0.147 e. The summed E-state index contributed by atoms with van der Waals surface area (Å²) >= 11 is 1.75. The zero-order valence-electron chi connectivity index (χ0n) is 15.0. The Bertz CT molecular complexity index is 736. The van der Waals surface area contributed by atoms with Crippen molar-refractivity contribution >= 4 is 17.6 Å². The van der Waals surface area contributed by atoms with Gasteiger partial charge in [0, 0.05) is 24.4 Å². The number of fused-ring (bicyclic) bond motifs is 1. The molecule has 1 aromatic carbocycles. The van der Waals surface area contributed by atoms with Crippen LogP contribution in [0.4, 0.5) is 5.82 Å². The van der Waals surface area contributed by atoms with Crippen LogP contribution < -0.4 is 10.6 Å². The molecule has 2 aliphatic rings. The Kier molecular flexibility index (Phi) is 5.58. The van der Waals surface area contributed by atoms with E-state index in [2.05, 4.69) is 53.0 Å². The lowest BCUT2D eigenvalue weighted by Crippen LogP contribution is -2.44. The molecule has 26 heavy (non-hydrogen) atoms. The second kappa shape index (κ2) is 7.57. The predicted octanol–water partition coefficient (Wildman–Crippen LogP) is 4.46. The summed E-state index contributed by atoms with van der Waals surface area (Å²) in [6.45, 7) is 6.36. The summed E-state index contributed by atoms with van der Waals surface area (Å²) in [5.74, 6) is 0.993. The molecule has 0 radical (unpaired) electrons. The lowest BCUT2D eigenvalue weighted by molar-refractivity contribution is 0.187. The van der Waals surface area contributed by atoms with Crippen molar-refractivity contribution in [2.45, 2.75) is 56.9 Å². The van der Waals surface area contributed by atoms with Crippen molar-refractivity contribution in [3.63, 3.8) is 0 Å². The Morgan fingerprint density at radius 3 is 2.50 bits per heavy atom. The molecule has 1 atom stereocenters. The molecular formula is C21H30N4S. The van der Waals surface area contributed by atoms with Gasteiger partial charge in [-0.2, -0.15) is 0 Å². The second-order valence-electron chi connectivity index (χ2n) is 7.58. The van der Waals surface area contributed by atoms with E-state index in [0.717, 1.165) is 43.2 Å². The van der Waals surface area contributed by atoms with Crippen LogP contribution in [0.3, 0.4) is 0 Å². The Balaban J connectivity index is 0.00000196. The average Bonchev–Trinajstić information content (AvgIpc) is 2.88. The average molecular weight is 371 g/mol. The van der Waals surface area contributed by atoms with Crippen LogP contribution in [0.5, 0.6) is 0 Å². The first-order valence-electron chi connectivity index (χ1n) is 9.14. The van der Waals surface area contributed by atoms with Crippen molar-refractivity contribution in [3.05, 3.63) is 47.8 Å². The van der Waals surface area contributed by atoms with Crippen molar-refractivity contribution in [2.75, 3.05) is 18.0 Å². The summed E-state index contributed by atoms with van der Waals surface area (Å²) in [6.07, 6.45) is 7.18. The first-order valence-corrected chi connectivity index (χ1v) is 10.0. The smallest absolute Gasteiger partial charge is 0.147 e. The van der Waals surface area contributed by atoms with Gasteiger partial charge in [-0.25, -0.2) is 9.97 Å². The molecule has 4 nitrogen and oxygen atoms in total. The van der Waals surface area contributed by atoms with Gasteiger partial charge in [-0.05, 0) is 35.8 Å². The normalized spacial score (nSPS) is 20.9. The van der Waals surface area contributed by atoms with Crippen molar-refractivity contribution in [2.24, 2.45) is 11.1 Å². The summed E-state index contributed by atoms with van der Waals surface area (Å²) < 4.78 is 0. The maximum absolute atomic E-state index is 6.66. The third kappa shape index (κ3) is 3.47. The Hall–Kier alpha value is -1.59. The van der Waals surface area contributed by atoms with Crippen molar-refractivity contribution in [1.82, 2.24) is 9.97 Å². The van der Waals surface area contributed by atoms with Gasteiger partial charge in [0.05, 0.1) is 12.4 Å². The van der Waals surface area contributed by atoms with Gasteiger partial charge in [-0.3, -0.25) is 0 Å². The number of nitrogens with zero attached hydrogens (tertiary/aromatic N) is 3. The molecule has 140 valence electrons. The zero-order chi connectivity index (χ0) is 17.4. The number of hydrogen-bond acceptors (Lipinski definition) is 5. The third-order valence-electron chi connectivity index (χ3n) is 5.65. The number of benzene rings is 1. The van der Waals surface area contributed by atoms with Crippen molar-refractivity contribution in [1.29, 1.82) is 0 Å². The molecule has 1 aliphatic carbocycles. The molecule has 2 N–H and O–H groups in total. The van der Waals surface area contributed by atoms with E-state index in [0.29, 0.717) is 5.25 Å². The van der Waals surface area contributed by atoms with Gasteiger partial charge in [0.2, 0.25) is 0 Å². The monoisotopic (exact) mass is 370 g/mol. The molecule has 2 aromatic rings. The maximum atomic E-state index is 6.66. The van der Waals surface area contributed by atoms with E-state index in [1.54, 1.807) is 11.8 Å². The van der Waals surface area contributed by atoms with E-state index in [1.807, 2.05) is 12.4 Å². The van der Waals surface area contributed by atoms with E-state index < -0.39 is 0 Å². The molecule has 1 saturated heterocycles. The molecule has 4 rings (SSSR count). The highest BCUT2D eigenvalue weighted by Crippen LogP contribution is 2.50. The fourth-order valence-corrected chi connectivity index (χ4v) is 4.97. The predicted molar refractivity (Wildman–Crippen MR) is 111 cm³/mol. The van der Waals surface area contributed by atoms with Gasteiger partial charge >= 0.3 is 0 Å². The summed E-state index contributed by atoms with van der Waals surface area (Å²) in [5, 5.41) is 1.53. The SMILES string of the molecule is C.CC(C)Sc1cnc(N2CCC3(CC2)Cc2ccccc2[C@H]3N)cn1. The van der Waals surface area contributed by atoms with Crippen LogP contribution >= 0.6 is 11.8 Å². The molecule has 2 heterocycles. The number of anilines is 1. The number of hydrogen-bond donors (Lipinski definition) is 1. The fourth-order valence-electron chi connectivity index (χ4n) is 4.26. The number of nitrogens with two attached hydrogens (primary N) is 1. The molecule has 1 aliphatic heterocycles. The molecule has 0 unspecified atom stereocenters. The third-order valence-corrected chi connectivity index (χ3v) is 6.57. The number of thioether (sulfide) groups is 1. The van der Waals surface area contributed by atoms with Crippen LogP contribution in [0.25, 0.3) is 0 Å². The molecule has 1 aromatic heterocycles. The lowest BCUT2D eigenvalue weighted by atomic mass is 9.73. The van der Waals surface area contributed by atoms with E-state index in [1.165, 1.54) is 11.1 Å². The second-order valence-corrected chi connectivity index (χ2v) is 9.18. The minimum Gasteiger partial charge on any atom is -0.355 e. The van der Waals surface area contributed by atoms with Crippen LogP contribution in [0.15, 0.2) is 41.7 Å². The quantitative estimate of drug-likeness (QED) is 0.809. The Morgan fingerprint density at radius 1 is 1.15 bits per heavy atom. The standard InChI is InChI=1S/C20H26N4S.CH4/c1-14(2)25-18-13-22-17(12-23-18)24-9-7-20(8-10-24)11-15-5-3-4-6-16(15)19(20)21;/h3-6,12-14,19H,7-11,21H2,1-2H3;1H4/t19-;/m1./s1.